The number of amides is 2. The summed E-state index contributed by atoms with van der Waals surface area (Å²) in [6.07, 6.45) is 0. The first kappa shape index (κ1) is 24.5. The van der Waals surface area contributed by atoms with E-state index in [0.717, 1.165) is 6.07 Å². The summed E-state index contributed by atoms with van der Waals surface area (Å²) in [6.45, 7) is 1.76. The van der Waals surface area contributed by atoms with Crippen molar-refractivity contribution in [3.05, 3.63) is 74.7 Å². The molecule has 4 rings (SSSR count). The molecule has 1 atom stereocenters. The van der Waals surface area contributed by atoms with Crippen molar-refractivity contribution in [3.63, 3.8) is 0 Å². The predicted molar refractivity (Wildman–Crippen MR) is 131 cm³/mol. The summed E-state index contributed by atoms with van der Waals surface area (Å²) >= 11 is 7.15. The summed E-state index contributed by atoms with van der Waals surface area (Å²) in [6, 6.07) is 11.0. The third-order valence-electron chi connectivity index (χ3n) is 5.28. The minimum atomic E-state index is -1.01. The molecule has 2 amide bonds. The monoisotopic (exact) mass is 517 g/mol. The number of thiophene rings is 1. The molecule has 0 spiro atoms. The van der Waals surface area contributed by atoms with E-state index in [1.165, 1.54) is 34.4 Å². The number of anilines is 2. The van der Waals surface area contributed by atoms with Gasteiger partial charge in [-0.05, 0) is 49.4 Å². The highest BCUT2D eigenvalue weighted by molar-refractivity contribution is 7.16. The van der Waals surface area contributed by atoms with Crippen molar-refractivity contribution in [2.75, 3.05) is 30.6 Å². The largest absolute Gasteiger partial charge is 0.472 e. The highest BCUT2D eigenvalue weighted by Gasteiger charge is 2.29. The fourth-order valence-corrected chi connectivity index (χ4v) is 4.62. The molecule has 0 saturated heterocycles. The molecule has 1 aliphatic heterocycles. The van der Waals surface area contributed by atoms with Crippen molar-refractivity contribution in [2.45, 2.75) is 13.0 Å². The molecule has 2 heterocycles. The molecule has 1 aliphatic rings. The van der Waals surface area contributed by atoms with Crippen LogP contribution in [0.1, 0.15) is 38.6 Å². The van der Waals surface area contributed by atoms with Crippen LogP contribution in [0.25, 0.3) is 0 Å². The second-order valence-electron chi connectivity index (χ2n) is 7.43. The highest BCUT2D eigenvalue weighted by Crippen LogP contribution is 2.33. The Morgan fingerprint density at radius 3 is 2.60 bits per heavy atom. The van der Waals surface area contributed by atoms with Gasteiger partial charge in [0.25, 0.3) is 11.8 Å². The van der Waals surface area contributed by atoms with Crippen molar-refractivity contribution in [1.82, 2.24) is 5.32 Å². The van der Waals surface area contributed by atoms with Crippen molar-refractivity contribution >= 4 is 52.1 Å². The zero-order chi connectivity index (χ0) is 25.1. The first-order valence-electron chi connectivity index (χ1n) is 10.6. The SMILES string of the molecule is CCOC(=O)C(NC(=O)c1ccc(N2COc3cc(NC)c(F)cc3C2=O)cc1)c1ccc(Cl)s1. The average molecular weight is 518 g/mol. The van der Waals surface area contributed by atoms with E-state index in [1.807, 2.05) is 0 Å². The van der Waals surface area contributed by atoms with Crippen LogP contribution in [0, 0.1) is 5.82 Å². The van der Waals surface area contributed by atoms with Crippen LogP contribution in [0.4, 0.5) is 15.8 Å². The van der Waals surface area contributed by atoms with E-state index in [0.29, 0.717) is 14.9 Å². The molecule has 11 heteroatoms. The number of halogens is 2. The number of carbonyl (C=O) groups is 3. The molecule has 2 N–H and O–H groups in total. The Labute approximate surface area is 209 Å². The lowest BCUT2D eigenvalue weighted by molar-refractivity contribution is -0.145. The lowest BCUT2D eigenvalue weighted by Gasteiger charge is -2.29. The number of nitrogens with one attached hydrogen (secondary N) is 2. The zero-order valence-electron chi connectivity index (χ0n) is 18.8. The first-order valence-corrected chi connectivity index (χ1v) is 11.8. The van der Waals surface area contributed by atoms with Gasteiger partial charge in [-0.25, -0.2) is 9.18 Å². The third-order valence-corrected chi connectivity index (χ3v) is 6.58. The van der Waals surface area contributed by atoms with Crippen LogP contribution in [0.2, 0.25) is 4.34 Å². The number of fused-ring (bicyclic) bond motifs is 1. The van der Waals surface area contributed by atoms with Crippen LogP contribution in [0.3, 0.4) is 0 Å². The van der Waals surface area contributed by atoms with Gasteiger partial charge in [-0.2, -0.15) is 0 Å². The lowest BCUT2D eigenvalue weighted by Crippen LogP contribution is -2.39. The molecule has 182 valence electrons. The van der Waals surface area contributed by atoms with Crippen LogP contribution < -0.4 is 20.3 Å². The predicted octanol–water partition coefficient (Wildman–Crippen LogP) is 4.61. The molecule has 2 aromatic carbocycles. The third kappa shape index (κ3) is 5.08. The number of benzene rings is 2. The van der Waals surface area contributed by atoms with Crippen molar-refractivity contribution in [1.29, 1.82) is 0 Å². The van der Waals surface area contributed by atoms with Gasteiger partial charge in [0.15, 0.2) is 12.8 Å². The maximum absolute atomic E-state index is 14.2. The maximum Gasteiger partial charge on any atom is 0.334 e. The zero-order valence-corrected chi connectivity index (χ0v) is 20.3. The standard InChI is InChI=1S/C24H21ClFN3O5S/c1-3-33-24(32)21(19-8-9-20(25)35-19)28-22(30)13-4-6-14(7-5-13)29-12-34-18-11-17(27-2)16(26)10-15(18)23(29)31/h4-11,21,27H,3,12H2,1-2H3,(H,28,30). The van der Waals surface area contributed by atoms with E-state index < -0.39 is 29.6 Å². The van der Waals surface area contributed by atoms with Crippen molar-refractivity contribution < 1.29 is 28.2 Å². The van der Waals surface area contributed by atoms with Gasteiger partial charge >= 0.3 is 5.97 Å². The second kappa shape index (κ2) is 10.3. The minimum absolute atomic E-state index is 0.0732. The molecule has 0 aliphatic carbocycles. The van der Waals surface area contributed by atoms with Crippen LogP contribution in [-0.4, -0.2) is 38.2 Å². The Hall–Kier alpha value is -3.63. The quantitative estimate of drug-likeness (QED) is 0.444. The van der Waals surface area contributed by atoms with Gasteiger partial charge in [-0.1, -0.05) is 11.6 Å². The average Bonchev–Trinajstić information content (AvgIpc) is 3.28. The molecular weight excluding hydrogens is 497 g/mol. The maximum atomic E-state index is 14.2. The summed E-state index contributed by atoms with van der Waals surface area (Å²) in [5.74, 6) is -1.82. The lowest BCUT2D eigenvalue weighted by atomic mass is 10.1. The minimum Gasteiger partial charge on any atom is -0.472 e. The van der Waals surface area contributed by atoms with Gasteiger partial charge < -0.3 is 20.1 Å². The molecule has 3 aromatic rings. The van der Waals surface area contributed by atoms with E-state index >= 15 is 0 Å². The van der Waals surface area contributed by atoms with E-state index in [2.05, 4.69) is 10.6 Å². The molecule has 1 aromatic heterocycles. The summed E-state index contributed by atoms with van der Waals surface area (Å²) in [5, 5.41) is 5.38. The van der Waals surface area contributed by atoms with Gasteiger partial charge in [0, 0.05) is 29.2 Å². The van der Waals surface area contributed by atoms with E-state index in [9.17, 15) is 18.8 Å². The Morgan fingerprint density at radius 2 is 1.97 bits per heavy atom. The molecule has 0 radical (unpaired) electrons. The number of esters is 1. The molecule has 0 bridgehead atoms. The van der Waals surface area contributed by atoms with Crippen LogP contribution in [-0.2, 0) is 9.53 Å². The fraction of sp³-hybridized carbons (Fsp3) is 0.208. The number of ether oxygens (including phenoxy) is 2. The van der Waals surface area contributed by atoms with E-state index in [-0.39, 0.29) is 35.9 Å². The Morgan fingerprint density at radius 1 is 1.23 bits per heavy atom. The number of hydrogen-bond donors (Lipinski definition) is 2. The number of hydrogen-bond acceptors (Lipinski definition) is 7. The number of rotatable bonds is 7. The summed E-state index contributed by atoms with van der Waals surface area (Å²) < 4.78 is 25.4. The number of carbonyl (C=O) groups excluding carboxylic acids is 3. The summed E-state index contributed by atoms with van der Waals surface area (Å²) in [7, 11) is 1.57. The van der Waals surface area contributed by atoms with Gasteiger partial charge in [-0.3, -0.25) is 14.5 Å². The Balaban J connectivity index is 1.51. The van der Waals surface area contributed by atoms with Crippen LogP contribution in [0.5, 0.6) is 5.75 Å². The first-order chi connectivity index (χ1) is 16.8. The Bertz CT molecular complexity index is 1280. The normalized spacial score (nSPS) is 13.5. The van der Waals surface area contributed by atoms with Crippen molar-refractivity contribution in [2.24, 2.45) is 0 Å². The molecule has 8 nitrogen and oxygen atoms in total. The smallest absolute Gasteiger partial charge is 0.334 e. The Kier molecular flexibility index (Phi) is 7.23. The molecule has 1 unspecified atom stereocenters. The van der Waals surface area contributed by atoms with Crippen molar-refractivity contribution in [3.8, 4) is 5.75 Å². The van der Waals surface area contributed by atoms with Gasteiger partial charge in [0.1, 0.15) is 11.6 Å². The molecule has 35 heavy (non-hydrogen) atoms. The molecule has 0 fully saturated rings. The highest BCUT2D eigenvalue weighted by atomic mass is 35.5. The van der Waals surface area contributed by atoms with Crippen LogP contribution in [0.15, 0.2) is 48.5 Å². The molecular formula is C24H21ClFN3O5S. The molecule has 0 saturated carbocycles. The van der Waals surface area contributed by atoms with E-state index in [1.54, 1.807) is 38.2 Å². The summed E-state index contributed by atoms with van der Waals surface area (Å²) in [5.41, 5.74) is 1.05. The summed E-state index contributed by atoms with van der Waals surface area (Å²) in [4.78, 5) is 40.1. The van der Waals surface area contributed by atoms with Gasteiger partial charge in [0.05, 0.1) is 22.2 Å². The topological polar surface area (TPSA) is 97.0 Å². The van der Waals surface area contributed by atoms with Crippen LogP contribution >= 0.6 is 22.9 Å². The number of nitrogens with zero attached hydrogens (tertiary/aromatic N) is 1. The van der Waals surface area contributed by atoms with E-state index in [4.69, 9.17) is 21.1 Å². The second-order valence-corrected chi connectivity index (χ2v) is 9.18. The van der Waals surface area contributed by atoms with Gasteiger partial charge in [0.2, 0.25) is 0 Å². The van der Waals surface area contributed by atoms with Gasteiger partial charge in [-0.15, -0.1) is 11.3 Å². The fourth-order valence-electron chi connectivity index (χ4n) is 3.52.